The number of methoxy groups -OCH3 is 1. The zero-order valence-corrected chi connectivity index (χ0v) is 8.91. The number of anilines is 1. The number of rotatable bonds is 3. The number of hydrogen-bond donors (Lipinski definition) is 2. The van der Waals surface area contributed by atoms with Gasteiger partial charge in [-0.15, -0.1) is 0 Å². The van der Waals surface area contributed by atoms with Crippen molar-refractivity contribution in [3.63, 3.8) is 0 Å². The summed E-state index contributed by atoms with van der Waals surface area (Å²) in [5.74, 6) is 0.666. The van der Waals surface area contributed by atoms with E-state index in [0.29, 0.717) is 16.6 Å². The SMILES string of the molecule is COc1cccc(Sc2ncn[nH]2)c1N. The van der Waals surface area contributed by atoms with Gasteiger partial charge in [0.25, 0.3) is 0 Å². The van der Waals surface area contributed by atoms with Crippen molar-refractivity contribution in [2.75, 3.05) is 12.8 Å². The Morgan fingerprint density at radius 3 is 3.00 bits per heavy atom. The maximum Gasteiger partial charge on any atom is 0.188 e. The molecule has 0 radical (unpaired) electrons. The fraction of sp³-hybridized carbons (Fsp3) is 0.111. The van der Waals surface area contributed by atoms with Crippen LogP contribution in [0, 0.1) is 0 Å². The number of H-pyrrole nitrogens is 1. The molecule has 2 aromatic rings. The van der Waals surface area contributed by atoms with Gasteiger partial charge in [-0.05, 0) is 23.9 Å². The monoisotopic (exact) mass is 222 g/mol. The van der Waals surface area contributed by atoms with Crippen molar-refractivity contribution in [3.8, 4) is 5.75 Å². The third-order valence-corrected chi connectivity index (χ3v) is 2.81. The van der Waals surface area contributed by atoms with Gasteiger partial charge in [0.2, 0.25) is 0 Å². The van der Waals surface area contributed by atoms with E-state index in [1.807, 2.05) is 18.2 Å². The van der Waals surface area contributed by atoms with Crippen LogP contribution in [0.2, 0.25) is 0 Å². The molecule has 5 nitrogen and oxygen atoms in total. The Bertz CT molecular complexity index is 443. The number of aromatic nitrogens is 3. The van der Waals surface area contributed by atoms with E-state index in [-0.39, 0.29) is 0 Å². The van der Waals surface area contributed by atoms with Crippen molar-refractivity contribution >= 4 is 17.4 Å². The number of para-hydroxylation sites is 1. The smallest absolute Gasteiger partial charge is 0.188 e. The average molecular weight is 222 g/mol. The molecule has 0 aliphatic heterocycles. The number of hydrogen-bond acceptors (Lipinski definition) is 5. The molecular weight excluding hydrogens is 212 g/mol. The first kappa shape index (κ1) is 9.85. The fourth-order valence-electron chi connectivity index (χ4n) is 1.14. The highest BCUT2D eigenvalue weighted by molar-refractivity contribution is 7.99. The number of nitrogens with one attached hydrogen (secondary N) is 1. The third-order valence-electron chi connectivity index (χ3n) is 1.85. The van der Waals surface area contributed by atoms with Crippen LogP contribution in [-0.2, 0) is 0 Å². The van der Waals surface area contributed by atoms with Crippen molar-refractivity contribution in [1.82, 2.24) is 15.2 Å². The fourth-order valence-corrected chi connectivity index (χ4v) is 1.90. The third kappa shape index (κ3) is 2.04. The first-order valence-electron chi connectivity index (χ1n) is 4.27. The molecule has 6 heteroatoms. The number of nitrogens with two attached hydrogens (primary N) is 1. The Morgan fingerprint density at radius 2 is 2.33 bits per heavy atom. The van der Waals surface area contributed by atoms with E-state index in [1.54, 1.807) is 7.11 Å². The van der Waals surface area contributed by atoms with Crippen molar-refractivity contribution in [3.05, 3.63) is 24.5 Å². The van der Waals surface area contributed by atoms with E-state index in [4.69, 9.17) is 10.5 Å². The molecule has 0 unspecified atom stereocenters. The van der Waals surface area contributed by atoms with Gasteiger partial charge in [-0.1, -0.05) is 6.07 Å². The van der Waals surface area contributed by atoms with Gasteiger partial charge in [-0.3, -0.25) is 5.10 Å². The van der Waals surface area contributed by atoms with E-state index in [1.165, 1.54) is 18.1 Å². The minimum atomic E-state index is 0.612. The molecule has 3 N–H and O–H groups in total. The van der Waals surface area contributed by atoms with Crippen LogP contribution in [0.3, 0.4) is 0 Å². The summed E-state index contributed by atoms with van der Waals surface area (Å²) in [5.41, 5.74) is 6.51. The second kappa shape index (κ2) is 4.22. The number of benzene rings is 1. The van der Waals surface area contributed by atoms with Crippen LogP contribution in [-0.4, -0.2) is 22.3 Å². The molecule has 0 atom stereocenters. The molecule has 0 fully saturated rings. The van der Waals surface area contributed by atoms with Crippen LogP contribution in [0.4, 0.5) is 5.69 Å². The summed E-state index contributed by atoms with van der Waals surface area (Å²) < 4.78 is 5.12. The van der Waals surface area contributed by atoms with E-state index in [9.17, 15) is 0 Å². The van der Waals surface area contributed by atoms with E-state index >= 15 is 0 Å². The highest BCUT2D eigenvalue weighted by atomic mass is 32.2. The van der Waals surface area contributed by atoms with Gasteiger partial charge in [0.1, 0.15) is 12.1 Å². The van der Waals surface area contributed by atoms with E-state index < -0.39 is 0 Å². The van der Waals surface area contributed by atoms with Crippen LogP contribution < -0.4 is 10.5 Å². The summed E-state index contributed by atoms with van der Waals surface area (Å²) in [6, 6.07) is 5.61. The second-order valence-electron chi connectivity index (χ2n) is 2.76. The lowest BCUT2D eigenvalue weighted by Gasteiger charge is -2.07. The van der Waals surface area contributed by atoms with Crippen LogP contribution >= 0.6 is 11.8 Å². The number of ether oxygens (including phenoxy) is 1. The summed E-state index contributed by atoms with van der Waals surface area (Å²) in [4.78, 5) is 4.90. The molecule has 0 saturated carbocycles. The molecule has 0 bridgehead atoms. The molecule has 1 heterocycles. The van der Waals surface area contributed by atoms with Gasteiger partial charge in [0.15, 0.2) is 5.16 Å². The molecule has 1 aromatic heterocycles. The molecule has 0 saturated heterocycles. The molecule has 0 aliphatic carbocycles. The van der Waals surface area contributed by atoms with Crippen LogP contribution in [0.15, 0.2) is 34.6 Å². The summed E-state index contributed by atoms with van der Waals surface area (Å²) in [6.45, 7) is 0. The van der Waals surface area contributed by atoms with Crippen LogP contribution in [0.5, 0.6) is 5.75 Å². The highest BCUT2D eigenvalue weighted by Gasteiger charge is 2.07. The maximum atomic E-state index is 5.90. The Kier molecular flexibility index (Phi) is 2.77. The minimum absolute atomic E-state index is 0.612. The molecule has 1 aromatic carbocycles. The quantitative estimate of drug-likeness (QED) is 0.770. The summed E-state index contributed by atoms with van der Waals surface area (Å²) in [7, 11) is 1.59. The van der Waals surface area contributed by atoms with E-state index in [0.717, 1.165) is 4.90 Å². The molecule has 0 amide bonds. The van der Waals surface area contributed by atoms with Gasteiger partial charge in [-0.2, -0.15) is 5.10 Å². The lowest BCUT2D eigenvalue weighted by molar-refractivity contribution is 0.416. The standard InChI is InChI=1S/C9H10N4OS/c1-14-6-3-2-4-7(8(6)10)15-9-11-5-12-13-9/h2-5H,10H2,1H3,(H,11,12,13). The molecule has 15 heavy (non-hydrogen) atoms. The van der Waals surface area contributed by atoms with Gasteiger partial charge >= 0.3 is 0 Å². The largest absolute Gasteiger partial charge is 0.495 e. The molecule has 0 spiro atoms. The molecule has 2 rings (SSSR count). The Balaban J connectivity index is 2.29. The first-order chi connectivity index (χ1) is 7.31. The van der Waals surface area contributed by atoms with Crippen molar-refractivity contribution in [2.45, 2.75) is 10.1 Å². The molecule has 0 aliphatic rings. The van der Waals surface area contributed by atoms with Gasteiger partial charge < -0.3 is 10.5 Å². The Morgan fingerprint density at radius 1 is 1.47 bits per heavy atom. The van der Waals surface area contributed by atoms with Gasteiger partial charge in [0.05, 0.1) is 12.8 Å². The number of nitrogen functional groups attached to an aromatic ring is 1. The van der Waals surface area contributed by atoms with Crippen molar-refractivity contribution in [1.29, 1.82) is 0 Å². The summed E-state index contributed by atoms with van der Waals surface area (Å²) in [5, 5.41) is 7.22. The number of aromatic amines is 1. The Hall–Kier alpha value is -1.69. The zero-order chi connectivity index (χ0) is 10.7. The molecular formula is C9H10N4OS. The van der Waals surface area contributed by atoms with Crippen LogP contribution in [0.1, 0.15) is 0 Å². The topological polar surface area (TPSA) is 76.8 Å². The first-order valence-corrected chi connectivity index (χ1v) is 5.08. The lowest BCUT2D eigenvalue weighted by atomic mass is 10.3. The Labute approximate surface area is 91.0 Å². The predicted octanol–water partition coefficient (Wildman–Crippen LogP) is 1.55. The van der Waals surface area contributed by atoms with Crippen molar-refractivity contribution < 1.29 is 4.74 Å². The summed E-state index contributed by atoms with van der Waals surface area (Å²) >= 11 is 1.42. The van der Waals surface area contributed by atoms with Crippen molar-refractivity contribution in [2.24, 2.45) is 0 Å². The van der Waals surface area contributed by atoms with Gasteiger partial charge in [-0.25, -0.2) is 4.98 Å². The second-order valence-corrected chi connectivity index (χ2v) is 3.80. The minimum Gasteiger partial charge on any atom is -0.495 e. The van der Waals surface area contributed by atoms with E-state index in [2.05, 4.69) is 15.2 Å². The van der Waals surface area contributed by atoms with Gasteiger partial charge in [0, 0.05) is 4.90 Å². The predicted molar refractivity (Wildman–Crippen MR) is 57.9 cm³/mol. The molecule has 78 valence electrons. The zero-order valence-electron chi connectivity index (χ0n) is 8.10. The van der Waals surface area contributed by atoms with Crippen LogP contribution in [0.25, 0.3) is 0 Å². The maximum absolute atomic E-state index is 5.90. The average Bonchev–Trinajstić information content (AvgIpc) is 2.74. The summed E-state index contributed by atoms with van der Waals surface area (Å²) in [6.07, 6.45) is 1.46. The number of nitrogens with zero attached hydrogens (tertiary/aromatic N) is 2. The highest BCUT2D eigenvalue weighted by Crippen LogP contribution is 2.34. The normalized spacial score (nSPS) is 10.2. The lowest BCUT2D eigenvalue weighted by Crippen LogP contribution is -1.94.